The lowest BCUT2D eigenvalue weighted by Crippen LogP contribution is -2.33. The van der Waals surface area contributed by atoms with Gasteiger partial charge in [-0.05, 0) is 25.5 Å². The van der Waals surface area contributed by atoms with Crippen LogP contribution < -0.4 is 10.5 Å². The van der Waals surface area contributed by atoms with Gasteiger partial charge in [0.05, 0.1) is 5.39 Å². The molecule has 96 valence electrons. The third kappa shape index (κ3) is 2.11. The fourth-order valence-electron chi connectivity index (χ4n) is 1.85. The summed E-state index contributed by atoms with van der Waals surface area (Å²) in [6, 6.07) is 7.60. The molecule has 5 heteroatoms. The number of hydrogen-bond acceptors (Lipinski definition) is 4. The third-order valence-corrected chi connectivity index (χ3v) is 2.79. The number of rotatable bonds is 4. The van der Waals surface area contributed by atoms with Gasteiger partial charge < -0.3 is 20.1 Å². The molecule has 5 nitrogen and oxygen atoms in total. The third-order valence-electron chi connectivity index (χ3n) is 2.79. The molecule has 0 fully saturated rings. The second kappa shape index (κ2) is 5.00. The lowest BCUT2D eigenvalue weighted by molar-refractivity contribution is 0.244. The minimum absolute atomic E-state index is 0.0576. The average Bonchev–Trinajstić information content (AvgIpc) is 2.71. The number of para-hydroxylation sites is 1. The van der Waals surface area contributed by atoms with E-state index in [2.05, 4.69) is 5.16 Å². The van der Waals surface area contributed by atoms with Crippen LogP contribution in [0.3, 0.4) is 0 Å². The summed E-state index contributed by atoms with van der Waals surface area (Å²) in [5, 5.41) is 12.6. The minimum atomic E-state index is -0.463. The summed E-state index contributed by atoms with van der Waals surface area (Å²) in [5.41, 5.74) is 6.35. The smallest absolute Gasteiger partial charge is 0.180 e. The highest BCUT2D eigenvalue weighted by molar-refractivity contribution is 5.88. The van der Waals surface area contributed by atoms with E-state index in [1.807, 2.05) is 38.1 Å². The van der Waals surface area contributed by atoms with E-state index in [1.54, 1.807) is 0 Å². The zero-order valence-corrected chi connectivity index (χ0v) is 10.4. The minimum Gasteiger partial charge on any atom is -0.478 e. The molecule has 0 saturated heterocycles. The number of aryl methyl sites for hydroxylation is 1. The summed E-state index contributed by atoms with van der Waals surface area (Å²) >= 11 is 0. The van der Waals surface area contributed by atoms with Gasteiger partial charge in [0.15, 0.2) is 17.7 Å². The van der Waals surface area contributed by atoms with Crippen LogP contribution in [0.4, 0.5) is 0 Å². The SMILES string of the molecule is CCC(Oc1c(C)oc2ccccc12)C(N)=NO. The summed E-state index contributed by atoms with van der Waals surface area (Å²) in [7, 11) is 0. The molecule has 0 amide bonds. The van der Waals surface area contributed by atoms with Gasteiger partial charge in [-0.25, -0.2) is 0 Å². The lowest BCUT2D eigenvalue weighted by atomic mass is 10.2. The number of oxime groups is 1. The van der Waals surface area contributed by atoms with E-state index in [0.29, 0.717) is 17.9 Å². The second-order valence-corrected chi connectivity index (χ2v) is 4.02. The summed E-state index contributed by atoms with van der Waals surface area (Å²) < 4.78 is 11.4. The summed E-state index contributed by atoms with van der Waals surface area (Å²) in [5.74, 6) is 1.38. The van der Waals surface area contributed by atoms with Crippen LogP contribution in [0.2, 0.25) is 0 Å². The molecular formula is C13H16N2O3. The zero-order chi connectivity index (χ0) is 13.1. The number of furan rings is 1. The van der Waals surface area contributed by atoms with Crippen molar-refractivity contribution in [3.05, 3.63) is 30.0 Å². The number of amidine groups is 1. The Hall–Kier alpha value is -2.17. The van der Waals surface area contributed by atoms with Crippen molar-refractivity contribution in [2.24, 2.45) is 10.9 Å². The second-order valence-electron chi connectivity index (χ2n) is 4.02. The van der Waals surface area contributed by atoms with Crippen LogP contribution in [0, 0.1) is 6.92 Å². The highest BCUT2D eigenvalue weighted by Crippen LogP contribution is 2.33. The quantitative estimate of drug-likeness (QED) is 0.377. The van der Waals surface area contributed by atoms with Gasteiger partial charge in [0, 0.05) is 0 Å². The van der Waals surface area contributed by atoms with Gasteiger partial charge in [-0.15, -0.1) is 0 Å². The van der Waals surface area contributed by atoms with Crippen molar-refractivity contribution in [3.63, 3.8) is 0 Å². The number of ether oxygens (including phenoxy) is 1. The van der Waals surface area contributed by atoms with Crippen molar-refractivity contribution in [2.75, 3.05) is 0 Å². The van der Waals surface area contributed by atoms with E-state index >= 15 is 0 Å². The van der Waals surface area contributed by atoms with Crippen LogP contribution in [0.25, 0.3) is 11.0 Å². The first-order valence-electron chi connectivity index (χ1n) is 5.79. The van der Waals surface area contributed by atoms with Crippen LogP contribution in [0.15, 0.2) is 33.8 Å². The molecule has 0 aliphatic carbocycles. The van der Waals surface area contributed by atoms with E-state index in [0.717, 1.165) is 11.0 Å². The zero-order valence-electron chi connectivity index (χ0n) is 10.4. The van der Waals surface area contributed by atoms with Crippen LogP contribution in [-0.2, 0) is 0 Å². The fourth-order valence-corrected chi connectivity index (χ4v) is 1.85. The Balaban J connectivity index is 2.39. The molecule has 3 N–H and O–H groups in total. The molecular weight excluding hydrogens is 232 g/mol. The topological polar surface area (TPSA) is 81.0 Å². The first-order valence-corrected chi connectivity index (χ1v) is 5.79. The number of fused-ring (bicyclic) bond motifs is 1. The molecule has 1 aromatic carbocycles. The average molecular weight is 248 g/mol. The van der Waals surface area contributed by atoms with Crippen molar-refractivity contribution in [2.45, 2.75) is 26.4 Å². The Labute approximate surface area is 105 Å². The summed E-state index contributed by atoms with van der Waals surface area (Å²) in [6.45, 7) is 3.73. The van der Waals surface area contributed by atoms with Crippen LogP contribution in [-0.4, -0.2) is 17.1 Å². The molecule has 0 spiro atoms. The molecule has 0 bridgehead atoms. The Morgan fingerprint density at radius 2 is 2.22 bits per heavy atom. The first-order chi connectivity index (χ1) is 8.67. The molecule has 0 saturated carbocycles. The van der Waals surface area contributed by atoms with Gasteiger partial charge in [0.2, 0.25) is 0 Å². The molecule has 1 aromatic heterocycles. The fraction of sp³-hybridized carbons (Fsp3) is 0.308. The van der Waals surface area contributed by atoms with Gasteiger partial charge in [0.25, 0.3) is 0 Å². The number of nitrogens with two attached hydrogens (primary N) is 1. The lowest BCUT2D eigenvalue weighted by Gasteiger charge is -2.15. The standard InChI is InChI=1S/C13H16N2O3/c1-3-10(13(14)15-16)18-12-8(2)17-11-7-5-4-6-9(11)12/h4-7,10,16H,3H2,1-2H3,(H2,14,15). The normalized spacial score (nSPS) is 13.8. The Kier molecular flexibility index (Phi) is 3.41. The molecule has 1 unspecified atom stereocenters. The van der Waals surface area contributed by atoms with E-state index in [9.17, 15) is 0 Å². The predicted molar refractivity (Wildman–Crippen MR) is 69.1 cm³/mol. The monoisotopic (exact) mass is 248 g/mol. The molecule has 1 atom stereocenters. The van der Waals surface area contributed by atoms with Gasteiger partial charge in [-0.2, -0.15) is 0 Å². The highest BCUT2D eigenvalue weighted by atomic mass is 16.5. The molecule has 0 aliphatic rings. The number of nitrogens with zero attached hydrogens (tertiary/aromatic N) is 1. The van der Waals surface area contributed by atoms with Gasteiger partial charge in [-0.1, -0.05) is 24.2 Å². The van der Waals surface area contributed by atoms with E-state index in [4.69, 9.17) is 20.1 Å². The van der Waals surface area contributed by atoms with E-state index in [-0.39, 0.29) is 5.84 Å². The highest BCUT2D eigenvalue weighted by Gasteiger charge is 2.19. The van der Waals surface area contributed by atoms with Crippen molar-refractivity contribution in [3.8, 4) is 5.75 Å². The van der Waals surface area contributed by atoms with Crippen LogP contribution in [0.5, 0.6) is 5.75 Å². The molecule has 0 aliphatic heterocycles. The first kappa shape index (κ1) is 12.3. The van der Waals surface area contributed by atoms with Gasteiger partial charge >= 0.3 is 0 Å². The Morgan fingerprint density at radius 1 is 1.50 bits per heavy atom. The molecule has 2 rings (SSSR count). The van der Waals surface area contributed by atoms with Gasteiger partial charge in [0.1, 0.15) is 11.3 Å². The maximum absolute atomic E-state index is 8.71. The van der Waals surface area contributed by atoms with Crippen molar-refractivity contribution < 1.29 is 14.4 Å². The Morgan fingerprint density at radius 3 is 2.89 bits per heavy atom. The molecule has 1 heterocycles. The van der Waals surface area contributed by atoms with E-state index in [1.165, 1.54) is 0 Å². The Bertz CT molecular complexity index is 575. The molecule has 0 radical (unpaired) electrons. The molecule has 18 heavy (non-hydrogen) atoms. The summed E-state index contributed by atoms with van der Waals surface area (Å²) in [4.78, 5) is 0. The molecule has 2 aromatic rings. The summed E-state index contributed by atoms with van der Waals surface area (Å²) in [6.07, 6.45) is 0.143. The maximum Gasteiger partial charge on any atom is 0.180 e. The van der Waals surface area contributed by atoms with Crippen LogP contribution >= 0.6 is 0 Å². The van der Waals surface area contributed by atoms with E-state index < -0.39 is 6.10 Å². The van der Waals surface area contributed by atoms with Crippen molar-refractivity contribution in [1.29, 1.82) is 0 Å². The largest absolute Gasteiger partial charge is 0.478 e. The maximum atomic E-state index is 8.71. The van der Waals surface area contributed by atoms with Gasteiger partial charge in [-0.3, -0.25) is 0 Å². The number of benzene rings is 1. The van der Waals surface area contributed by atoms with Crippen molar-refractivity contribution >= 4 is 16.8 Å². The number of hydrogen-bond donors (Lipinski definition) is 2. The predicted octanol–water partition coefficient (Wildman–Crippen LogP) is 2.65. The van der Waals surface area contributed by atoms with Crippen molar-refractivity contribution in [1.82, 2.24) is 0 Å². The van der Waals surface area contributed by atoms with Crippen LogP contribution in [0.1, 0.15) is 19.1 Å².